The number of hydrogen-bond acceptors (Lipinski definition) is 4. The minimum atomic E-state index is -0.518. The molecule has 0 unspecified atom stereocenters. The first-order valence-corrected chi connectivity index (χ1v) is 10.1. The molecule has 4 rings (SSSR count). The van der Waals surface area contributed by atoms with E-state index in [-0.39, 0.29) is 5.91 Å². The lowest BCUT2D eigenvalue weighted by atomic mass is 10.0. The van der Waals surface area contributed by atoms with Crippen molar-refractivity contribution in [2.75, 3.05) is 5.32 Å². The van der Waals surface area contributed by atoms with E-state index in [2.05, 4.69) is 20.8 Å². The summed E-state index contributed by atoms with van der Waals surface area (Å²) in [6, 6.07) is 14.3. The molecular weight excluding hydrogens is 403 g/mol. The number of benzene rings is 2. The monoisotopic (exact) mass is 422 g/mol. The molecule has 4 aromatic rings. The number of fused-ring (bicyclic) bond motifs is 1. The van der Waals surface area contributed by atoms with E-state index in [9.17, 15) is 14.0 Å². The SMILES string of the molecule is CC(C)(NC(=O)c1ccc2[nH]nc(NC(=O)c3ccc(F)cc3)c2c1)c1cccs1. The first-order valence-electron chi connectivity index (χ1n) is 9.25. The van der Waals surface area contributed by atoms with Crippen LogP contribution in [-0.2, 0) is 5.54 Å². The first-order chi connectivity index (χ1) is 14.3. The minimum Gasteiger partial charge on any atom is -0.342 e. The number of anilines is 1. The van der Waals surface area contributed by atoms with Gasteiger partial charge in [0.05, 0.1) is 11.1 Å². The van der Waals surface area contributed by atoms with Gasteiger partial charge in [0, 0.05) is 21.4 Å². The highest BCUT2D eigenvalue weighted by Crippen LogP contribution is 2.26. The van der Waals surface area contributed by atoms with E-state index in [1.165, 1.54) is 24.3 Å². The molecule has 0 fully saturated rings. The van der Waals surface area contributed by atoms with Crippen molar-refractivity contribution in [3.63, 3.8) is 0 Å². The van der Waals surface area contributed by atoms with Crippen molar-refractivity contribution in [2.45, 2.75) is 19.4 Å². The number of nitrogens with one attached hydrogen (secondary N) is 3. The van der Waals surface area contributed by atoms with Gasteiger partial charge in [-0.1, -0.05) is 6.07 Å². The molecule has 0 aliphatic carbocycles. The largest absolute Gasteiger partial charge is 0.342 e. The third-order valence-electron chi connectivity index (χ3n) is 4.73. The second-order valence-corrected chi connectivity index (χ2v) is 8.30. The topological polar surface area (TPSA) is 86.9 Å². The van der Waals surface area contributed by atoms with E-state index in [0.717, 1.165) is 4.88 Å². The predicted molar refractivity (Wildman–Crippen MR) is 115 cm³/mol. The molecule has 2 heterocycles. The Bertz CT molecular complexity index is 1210. The van der Waals surface area contributed by atoms with Crippen molar-refractivity contribution in [1.29, 1.82) is 0 Å². The highest BCUT2D eigenvalue weighted by molar-refractivity contribution is 7.10. The summed E-state index contributed by atoms with van der Waals surface area (Å²) in [5.41, 5.74) is 0.916. The lowest BCUT2D eigenvalue weighted by molar-refractivity contribution is 0.0913. The van der Waals surface area contributed by atoms with Crippen LogP contribution < -0.4 is 10.6 Å². The van der Waals surface area contributed by atoms with Gasteiger partial charge in [-0.05, 0) is 67.8 Å². The number of thiophene rings is 1. The highest BCUT2D eigenvalue weighted by Gasteiger charge is 2.25. The smallest absolute Gasteiger partial charge is 0.256 e. The zero-order valence-corrected chi connectivity index (χ0v) is 17.1. The molecule has 2 aromatic carbocycles. The molecule has 2 aromatic heterocycles. The fourth-order valence-electron chi connectivity index (χ4n) is 3.08. The van der Waals surface area contributed by atoms with Crippen molar-refractivity contribution in [3.8, 4) is 0 Å². The second kappa shape index (κ2) is 7.72. The Morgan fingerprint density at radius 2 is 1.77 bits per heavy atom. The molecule has 0 spiro atoms. The Hall–Kier alpha value is -3.52. The molecule has 3 N–H and O–H groups in total. The third kappa shape index (κ3) is 3.95. The fourth-order valence-corrected chi connectivity index (χ4v) is 3.89. The zero-order chi connectivity index (χ0) is 21.3. The number of aromatic nitrogens is 2. The van der Waals surface area contributed by atoms with Crippen LogP contribution in [0.25, 0.3) is 10.9 Å². The number of halogens is 1. The molecule has 0 saturated carbocycles. The van der Waals surface area contributed by atoms with Gasteiger partial charge < -0.3 is 10.6 Å². The number of rotatable bonds is 5. The van der Waals surface area contributed by atoms with Crippen LogP contribution >= 0.6 is 11.3 Å². The number of amides is 2. The van der Waals surface area contributed by atoms with Gasteiger partial charge in [-0.2, -0.15) is 5.10 Å². The maximum absolute atomic E-state index is 13.1. The van der Waals surface area contributed by atoms with Crippen LogP contribution in [-0.4, -0.2) is 22.0 Å². The van der Waals surface area contributed by atoms with Crippen LogP contribution in [0.5, 0.6) is 0 Å². The summed E-state index contributed by atoms with van der Waals surface area (Å²) >= 11 is 1.58. The van der Waals surface area contributed by atoms with Gasteiger partial charge >= 0.3 is 0 Å². The molecule has 0 aliphatic heterocycles. The number of aromatic amines is 1. The van der Waals surface area contributed by atoms with Crippen molar-refractivity contribution in [2.24, 2.45) is 0 Å². The Balaban J connectivity index is 1.57. The second-order valence-electron chi connectivity index (χ2n) is 7.35. The minimum absolute atomic E-state index is 0.229. The number of H-pyrrole nitrogens is 1. The first kappa shape index (κ1) is 19.8. The molecule has 0 saturated heterocycles. The maximum Gasteiger partial charge on any atom is 0.256 e. The predicted octanol–water partition coefficient (Wildman–Crippen LogP) is 4.68. The zero-order valence-electron chi connectivity index (χ0n) is 16.3. The summed E-state index contributed by atoms with van der Waals surface area (Å²) in [4.78, 5) is 26.3. The van der Waals surface area contributed by atoms with E-state index in [0.29, 0.717) is 27.8 Å². The van der Waals surface area contributed by atoms with Crippen LogP contribution in [0.2, 0.25) is 0 Å². The molecule has 8 heteroatoms. The summed E-state index contributed by atoms with van der Waals surface area (Å²) < 4.78 is 13.1. The Morgan fingerprint density at radius 1 is 1.03 bits per heavy atom. The van der Waals surface area contributed by atoms with Gasteiger partial charge in [0.2, 0.25) is 0 Å². The van der Waals surface area contributed by atoms with E-state index >= 15 is 0 Å². The van der Waals surface area contributed by atoms with Crippen LogP contribution in [0.4, 0.5) is 10.2 Å². The molecule has 0 bridgehead atoms. The van der Waals surface area contributed by atoms with Gasteiger partial charge in [0.15, 0.2) is 5.82 Å². The highest BCUT2D eigenvalue weighted by atomic mass is 32.1. The standard InChI is InChI=1S/C22H19FN4O2S/c1-22(2,18-4-3-11-30-18)25-21(29)14-7-10-17-16(12-14)19(27-26-17)24-20(28)13-5-8-15(23)9-6-13/h3-12H,1-2H3,(H,25,29)(H2,24,26,27,28). The summed E-state index contributed by atoms with van der Waals surface area (Å²) in [6.07, 6.45) is 0. The number of carbonyl (C=O) groups excluding carboxylic acids is 2. The van der Waals surface area contributed by atoms with Crippen molar-refractivity contribution >= 4 is 39.9 Å². The van der Waals surface area contributed by atoms with Gasteiger partial charge in [-0.15, -0.1) is 11.3 Å². The van der Waals surface area contributed by atoms with Crippen LogP contribution in [0.15, 0.2) is 60.0 Å². The number of nitrogens with zero attached hydrogens (tertiary/aromatic N) is 1. The Morgan fingerprint density at radius 3 is 2.47 bits per heavy atom. The van der Waals surface area contributed by atoms with Gasteiger partial charge in [-0.3, -0.25) is 14.7 Å². The van der Waals surface area contributed by atoms with Gasteiger partial charge in [0.25, 0.3) is 11.8 Å². The maximum atomic E-state index is 13.1. The van der Waals surface area contributed by atoms with Crippen LogP contribution in [0, 0.1) is 5.82 Å². The lowest BCUT2D eigenvalue weighted by Gasteiger charge is -2.25. The molecule has 0 radical (unpaired) electrons. The van der Waals surface area contributed by atoms with E-state index in [4.69, 9.17) is 0 Å². The average molecular weight is 422 g/mol. The summed E-state index contributed by atoms with van der Waals surface area (Å²) in [6.45, 7) is 3.89. The molecular formula is C22H19FN4O2S. The van der Waals surface area contributed by atoms with E-state index in [1.54, 1.807) is 29.5 Å². The summed E-state index contributed by atoms with van der Waals surface area (Å²) in [5, 5.41) is 15.3. The molecule has 6 nitrogen and oxygen atoms in total. The van der Waals surface area contributed by atoms with E-state index in [1.807, 2.05) is 31.4 Å². The van der Waals surface area contributed by atoms with E-state index < -0.39 is 17.3 Å². The third-order valence-corrected chi connectivity index (χ3v) is 5.92. The molecule has 0 aliphatic rings. The van der Waals surface area contributed by atoms with Crippen molar-refractivity contribution < 1.29 is 14.0 Å². The molecule has 30 heavy (non-hydrogen) atoms. The number of carbonyl (C=O) groups is 2. The molecule has 2 amide bonds. The fraction of sp³-hybridized carbons (Fsp3) is 0.136. The molecule has 0 atom stereocenters. The van der Waals surface area contributed by atoms with Crippen LogP contribution in [0.3, 0.4) is 0 Å². The Kier molecular flexibility index (Phi) is 5.09. The quantitative estimate of drug-likeness (QED) is 0.436. The number of hydrogen-bond donors (Lipinski definition) is 3. The average Bonchev–Trinajstić information content (AvgIpc) is 3.39. The van der Waals surface area contributed by atoms with Crippen molar-refractivity contribution in [1.82, 2.24) is 15.5 Å². The molecule has 152 valence electrons. The lowest BCUT2D eigenvalue weighted by Crippen LogP contribution is -2.40. The summed E-state index contributed by atoms with van der Waals surface area (Å²) in [7, 11) is 0. The summed E-state index contributed by atoms with van der Waals surface area (Å²) in [5.74, 6) is -0.770. The Labute approximate surface area is 176 Å². The van der Waals surface area contributed by atoms with Gasteiger partial charge in [-0.25, -0.2) is 4.39 Å². The normalized spacial score (nSPS) is 11.4. The van der Waals surface area contributed by atoms with Crippen LogP contribution in [0.1, 0.15) is 39.4 Å². The van der Waals surface area contributed by atoms with Crippen molar-refractivity contribution in [3.05, 3.63) is 81.8 Å². The van der Waals surface area contributed by atoms with Gasteiger partial charge in [0.1, 0.15) is 5.82 Å².